The zero-order valence-corrected chi connectivity index (χ0v) is 12.3. The summed E-state index contributed by atoms with van der Waals surface area (Å²) in [5, 5.41) is 28.7. The van der Waals surface area contributed by atoms with Crippen molar-refractivity contribution >= 4 is 29.2 Å². The van der Waals surface area contributed by atoms with Crippen LogP contribution in [-0.2, 0) is 4.79 Å². The minimum absolute atomic E-state index is 0.0155. The van der Waals surface area contributed by atoms with Crippen LogP contribution in [-0.4, -0.2) is 28.4 Å². The average molecular weight is 321 g/mol. The Hall–Kier alpha value is -2.66. The molecule has 2 aromatic carbocycles. The second-order valence-corrected chi connectivity index (χ2v) is 4.81. The SMILES string of the molecule is COc1ccc(/C=C(\C(=O)O)c2cccc(O)c2)c(Cl)c1O. The van der Waals surface area contributed by atoms with E-state index in [9.17, 15) is 20.1 Å². The topological polar surface area (TPSA) is 87.0 Å². The molecule has 0 fully saturated rings. The monoisotopic (exact) mass is 320 g/mol. The van der Waals surface area contributed by atoms with E-state index >= 15 is 0 Å². The first kappa shape index (κ1) is 15.7. The Kier molecular flexibility index (Phi) is 4.58. The number of phenolic OH excluding ortho intramolecular Hbond substituents is 2. The van der Waals surface area contributed by atoms with Gasteiger partial charge in [0.15, 0.2) is 11.5 Å². The number of carboxylic acid groups (broad SMARTS) is 1. The zero-order valence-electron chi connectivity index (χ0n) is 11.6. The van der Waals surface area contributed by atoms with E-state index in [1.54, 1.807) is 6.07 Å². The molecule has 0 saturated carbocycles. The molecule has 0 spiro atoms. The van der Waals surface area contributed by atoms with Crippen LogP contribution in [0.3, 0.4) is 0 Å². The summed E-state index contributed by atoms with van der Waals surface area (Å²) in [7, 11) is 1.39. The van der Waals surface area contributed by atoms with Crippen molar-refractivity contribution in [3.63, 3.8) is 0 Å². The number of aromatic hydroxyl groups is 2. The van der Waals surface area contributed by atoms with E-state index in [2.05, 4.69) is 0 Å². The third-order valence-corrected chi connectivity index (χ3v) is 3.41. The number of halogens is 1. The van der Waals surface area contributed by atoms with Crippen molar-refractivity contribution in [2.45, 2.75) is 0 Å². The van der Waals surface area contributed by atoms with E-state index in [4.69, 9.17) is 16.3 Å². The number of phenols is 2. The summed E-state index contributed by atoms with van der Waals surface area (Å²) < 4.78 is 4.93. The molecule has 5 nitrogen and oxygen atoms in total. The van der Waals surface area contributed by atoms with Crippen LogP contribution >= 0.6 is 11.6 Å². The van der Waals surface area contributed by atoms with Crippen molar-refractivity contribution in [1.29, 1.82) is 0 Å². The standard InChI is InChI=1S/C16H13ClO5/c1-22-13-6-5-10(14(17)15(13)19)8-12(16(20)21)9-3-2-4-11(18)7-9/h2-8,18-19H,1H3,(H,20,21)/b12-8-. The van der Waals surface area contributed by atoms with Gasteiger partial charge in [0.2, 0.25) is 0 Å². The van der Waals surface area contributed by atoms with E-state index in [0.717, 1.165) is 0 Å². The Labute approximate surface area is 131 Å². The maximum absolute atomic E-state index is 11.5. The number of aliphatic carboxylic acids is 1. The molecule has 0 aliphatic heterocycles. The smallest absolute Gasteiger partial charge is 0.336 e. The number of methoxy groups -OCH3 is 1. The van der Waals surface area contributed by atoms with Crippen LogP contribution in [0.4, 0.5) is 0 Å². The van der Waals surface area contributed by atoms with Crippen molar-refractivity contribution in [1.82, 2.24) is 0 Å². The summed E-state index contributed by atoms with van der Waals surface area (Å²) in [5.74, 6) is -1.31. The predicted octanol–water partition coefficient (Wildman–Crippen LogP) is 3.39. The Morgan fingerprint density at radius 1 is 1.23 bits per heavy atom. The first-order valence-corrected chi connectivity index (χ1v) is 6.61. The van der Waals surface area contributed by atoms with Crippen LogP contribution in [0, 0.1) is 0 Å². The molecular formula is C16H13ClO5. The van der Waals surface area contributed by atoms with Crippen molar-refractivity contribution in [3.05, 3.63) is 52.5 Å². The first-order valence-electron chi connectivity index (χ1n) is 6.24. The van der Waals surface area contributed by atoms with Crippen LogP contribution in [0.2, 0.25) is 5.02 Å². The normalized spacial score (nSPS) is 11.3. The molecule has 2 rings (SSSR count). The van der Waals surface area contributed by atoms with Crippen LogP contribution in [0.25, 0.3) is 11.6 Å². The minimum atomic E-state index is -1.18. The third-order valence-electron chi connectivity index (χ3n) is 3.02. The van der Waals surface area contributed by atoms with Crippen molar-refractivity contribution in [3.8, 4) is 17.2 Å². The molecule has 6 heteroatoms. The summed E-state index contributed by atoms with van der Waals surface area (Å²) in [6.07, 6.45) is 1.32. The van der Waals surface area contributed by atoms with E-state index in [0.29, 0.717) is 11.1 Å². The first-order chi connectivity index (χ1) is 10.4. The van der Waals surface area contributed by atoms with Gasteiger partial charge in [-0.3, -0.25) is 0 Å². The van der Waals surface area contributed by atoms with Gasteiger partial charge in [-0.15, -0.1) is 0 Å². The molecule has 0 saturated heterocycles. The van der Waals surface area contributed by atoms with Gasteiger partial charge in [0.05, 0.1) is 17.7 Å². The molecule has 0 aromatic heterocycles. The lowest BCUT2D eigenvalue weighted by atomic mass is 10.0. The molecule has 0 amide bonds. The van der Waals surface area contributed by atoms with Gasteiger partial charge in [-0.05, 0) is 41.5 Å². The second-order valence-electron chi connectivity index (χ2n) is 4.43. The lowest BCUT2D eigenvalue weighted by Crippen LogP contribution is -1.99. The second kappa shape index (κ2) is 6.41. The van der Waals surface area contributed by atoms with Gasteiger partial charge in [-0.2, -0.15) is 0 Å². The van der Waals surface area contributed by atoms with E-state index in [1.807, 2.05) is 0 Å². The number of carbonyl (C=O) groups is 1. The highest BCUT2D eigenvalue weighted by Gasteiger charge is 2.15. The molecule has 0 radical (unpaired) electrons. The van der Waals surface area contributed by atoms with Crippen LogP contribution in [0.15, 0.2) is 36.4 Å². The van der Waals surface area contributed by atoms with Gasteiger partial charge in [-0.25, -0.2) is 4.79 Å². The Morgan fingerprint density at radius 3 is 2.55 bits per heavy atom. The summed E-state index contributed by atoms with van der Waals surface area (Å²) >= 11 is 6.03. The number of carboxylic acids is 1. The molecule has 0 atom stereocenters. The summed E-state index contributed by atoms with van der Waals surface area (Å²) in [6, 6.07) is 8.87. The Morgan fingerprint density at radius 2 is 1.95 bits per heavy atom. The molecule has 0 bridgehead atoms. The van der Waals surface area contributed by atoms with Gasteiger partial charge in [0, 0.05) is 0 Å². The van der Waals surface area contributed by atoms with Crippen LogP contribution < -0.4 is 4.74 Å². The highest BCUT2D eigenvalue weighted by atomic mass is 35.5. The van der Waals surface area contributed by atoms with Gasteiger partial charge in [0.25, 0.3) is 0 Å². The number of benzene rings is 2. The maximum Gasteiger partial charge on any atom is 0.336 e. The third kappa shape index (κ3) is 3.15. The summed E-state index contributed by atoms with van der Waals surface area (Å²) in [4.78, 5) is 11.5. The van der Waals surface area contributed by atoms with Crippen molar-refractivity contribution in [2.75, 3.05) is 7.11 Å². The van der Waals surface area contributed by atoms with Gasteiger partial charge >= 0.3 is 5.97 Å². The number of hydrogen-bond acceptors (Lipinski definition) is 4. The predicted molar refractivity (Wildman–Crippen MR) is 83.3 cm³/mol. The Balaban J connectivity index is 2.57. The van der Waals surface area contributed by atoms with Gasteiger partial charge < -0.3 is 20.1 Å². The van der Waals surface area contributed by atoms with E-state index in [1.165, 1.54) is 43.5 Å². The molecule has 2 aromatic rings. The highest BCUT2D eigenvalue weighted by molar-refractivity contribution is 6.34. The Bertz CT molecular complexity index is 752. The number of rotatable bonds is 4. The van der Waals surface area contributed by atoms with E-state index < -0.39 is 5.97 Å². The van der Waals surface area contributed by atoms with Gasteiger partial charge in [0.1, 0.15) is 5.75 Å². The highest BCUT2D eigenvalue weighted by Crippen LogP contribution is 2.37. The maximum atomic E-state index is 11.5. The largest absolute Gasteiger partial charge is 0.508 e. The lowest BCUT2D eigenvalue weighted by Gasteiger charge is -2.09. The quantitative estimate of drug-likeness (QED) is 0.594. The fourth-order valence-electron chi connectivity index (χ4n) is 1.94. The molecule has 3 N–H and O–H groups in total. The number of ether oxygens (including phenoxy) is 1. The van der Waals surface area contributed by atoms with E-state index in [-0.39, 0.29) is 27.8 Å². The minimum Gasteiger partial charge on any atom is -0.508 e. The molecule has 114 valence electrons. The van der Waals surface area contributed by atoms with Gasteiger partial charge in [-0.1, -0.05) is 23.7 Å². The molecule has 0 aliphatic carbocycles. The van der Waals surface area contributed by atoms with Crippen LogP contribution in [0.1, 0.15) is 11.1 Å². The molecule has 22 heavy (non-hydrogen) atoms. The molecule has 0 heterocycles. The lowest BCUT2D eigenvalue weighted by molar-refractivity contribution is -0.130. The summed E-state index contributed by atoms with van der Waals surface area (Å²) in [5.41, 5.74) is 0.571. The zero-order chi connectivity index (χ0) is 16.3. The molecule has 0 unspecified atom stereocenters. The summed E-state index contributed by atoms with van der Waals surface area (Å²) in [6.45, 7) is 0. The number of hydrogen-bond donors (Lipinski definition) is 3. The fraction of sp³-hybridized carbons (Fsp3) is 0.0625. The van der Waals surface area contributed by atoms with Crippen LogP contribution in [0.5, 0.6) is 17.2 Å². The fourth-order valence-corrected chi connectivity index (χ4v) is 2.15. The average Bonchev–Trinajstić information content (AvgIpc) is 2.48. The van der Waals surface area contributed by atoms with Crippen molar-refractivity contribution < 1.29 is 24.9 Å². The molecule has 0 aliphatic rings. The van der Waals surface area contributed by atoms with Crippen molar-refractivity contribution in [2.24, 2.45) is 0 Å². The molecular weight excluding hydrogens is 308 g/mol.